The molecule has 8 nitrogen and oxygen atoms in total. The third-order valence-corrected chi connectivity index (χ3v) is 5.53. The number of halogens is 4. The Labute approximate surface area is 197 Å². The molecular formula is C22H18ClF3N6O2. The summed E-state index contributed by atoms with van der Waals surface area (Å²) in [5.41, 5.74) is -1.62. The molecule has 0 aliphatic heterocycles. The molecule has 2 amide bonds. The molecule has 12 heteroatoms. The Bertz CT molecular complexity index is 1220. The standard InChI is InChI=1S/C22H18ClF3N6O2/c1-32(20(34)21(6-7-21)31-19(33)13-9-27-12-28-10-13)18-5-3-15(11-29-18)30-17-4-2-14(23)8-16(17)22(24,25)26/h2-5,8-12,30H,6-7H2,1H3,(H,31,33). The Morgan fingerprint density at radius 2 is 1.79 bits per heavy atom. The lowest BCUT2D eigenvalue weighted by molar-refractivity contribution is -0.137. The molecular weight excluding hydrogens is 473 g/mol. The van der Waals surface area contributed by atoms with Gasteiger partial charge in [0.2, 0.25) is 0 Å². The van der Waals surface area contributed by atoms with E-state index in [2.05, 4.69) is 25.6 Å². The molecule has 4 rings (SSSR count). The number of hydrogen-bond acceptors (Lipinski definition) is 6. The minimum Gasteiger partial charge on any atom is -0.354 e. The fraction of sp³-hybridized carbons (Fsp3) is 0.227. The molecule has 0 saturated heterocycles. The SMILES string of the molecule is CN(C(=O)C1(NC(=O)c2cncnc2)CC1)c1ccc(Nc2ccc(Cl)cc2C(F)(F)F)cn1. The monoisotopic (exact) mass is 490 g/mol. The van der Waals surface area contributed by atoms with Crippen LogP contribution in [0.1, 0.15) is 28.8 Å². The van der Waals surface area contributed by atoms with E-state index in [-0.39, 0.29) is 33.7 Å². The number of rotatable bonds is 6. The number of amides is 2. The van der Waals surface area contributed by atoms with E-state index >= 15 is 0 Å². The number of alkyl halides is 3. The summed E-state index contributed by atoms with van der Waals surface area (Å²) in [7, 11) is 1.51. The van der Waals surface area contributed by atoms with Gasteiger partial charge < -0.3 is 10.6 Å². The average molecular weight is 491 g/mol. The maximum Gasteiger partial charge on any atom is 0.418 e. The van der Waals surface area contributed by atoms with Crippen LogP contribution in [0.5, 0.6) is 0 Å². The van der Waals surface area contributed by atoms with E-state index in [4.69, 9.17) is 11.6 Å². The highest BCUT2D eigenvalue weighted by Crippen LogP contribution is 2.39. The van der Waals surface area contributed by atoms with E-state index in [1.54, 1.807) is 0 Å². The number of nitrogens with one attached hydrogen (secondary N) is 2. The van der Waals surface area contributed by atoms with Gasteiger partial charge in [0.05, 0.1) is 28.7 Å². The van der Waals surface area contributed by atoms with Gasteiger partial charge in [0.1, 0.15) is 17.7 Å². The number of carbonyl (C=O) groups is 2. The van der Waals surface area contributed by atoms with Crippen LogP contribution in [-0.2, 0) is 11.0 Å². The second-order valence-electron chi connectivity index (χ2n) is 7.75. The Morgan fingerprint density at radius 1 is 1.09 bits per heavy atom. The summed E-state index contributed by atoms with van der Waals surface area (Å²) in [4.78, 5) is 38.5. The van der Waals surface area contributed by atoms with Crippen molar-refractivity contribution in [3.05, 3.63) is 71.4 Å². The van der Waals surface area contributed by atoms with Crippen LogP contribution in [0.3, 0.4) is 0 Å². The molecule has 0 bridgehead atoms. The third kappa shape index (κ3) is 4.93. The first-order chi connectivity index (χ1) is 16.1. The molecule has 0 atom stereocenters. The lowest BCUT2D eigenvalue weighted by Gasteiger charge is -2.24. The van der Waals surface area contributed by atoms with Crippen LogP contribution in [0.4, 0.5) is 30.4 Å². The predicted molar refractivity (Wildman–Crippen MR) is 119 cm³/mol. The van der Waals surface area contributed by atoms with Crippen LogP contribution in [0.15, 0.2) is 55.2 Å². The van der Waals surface area contributed by atoms with Gasteiger partial charge in [-0.3, -0.25) is 14.5 Å². The topological polar surface area (TPSA) is 100 Å². The molecule has 176 valence electrons. The van der Waals surface area contributed by atoms with Crippen LogP contribution in [0, 0.1) is 0 Å². The lowest BCUT2D eigenvalue weighted by atomic mass is 10.1. The van der Waals surface area contributed by atoms with Crippen molar-refractivity contribution >= 4 is 40.6 Å². The number of anilines is 3. The van der Waals surface area contributed by atoms with Crippen LogP contribution >= 0.6 is 11.6 Å². The fourth-order valence-electron chi connectivity index (χ4n) is 3.32. The smallest absolute Gasteiger partial charge is 0.354 e. The summed E-state index contributed by atoms with van der Waals surface area (Å²) in [6.45, 7) is 0. The maximum absolute atomic E-state index is 13.3. The van der Waals surface area contributed by atoms with E-state index in [0.29, 0.717) is 12.8 Å². The molecule has 0 unspecified atom stereocenters. The van der Waals surface area contributed by atoms with Gasteiger partial charge in [-0.05, 0) is 43.2 Å². The Kier molecular flexibility index (Phi) is 6.13. The number of pyridine rings is 1. The van der Waals surface area contributed by atoms with E-state index in [1.807, 2.05) is 0 Å². The summed E-state index contributed by atoms with van der Waals surface area (Å²) in [5, 5.41) is 5.38. The fourth-order valence-corrected chi connectivity index (χ4v) is 3.49. The zero-order valence-corrected chi connectivity index (χ0v) is 18.5. The first-order valence-electron chi connectivity index (χ1n) is 10.0. The molecule has 0 radical (unpaired) electrons. The van der Waals surface area contributed by atoms with Crippen molar-refractivity contribution < 1.29 is 22.8 Å². The highest BCUT2D eigenvalue weighted by Gasteiger charge is 2.53. The highest BCUT2D eigenvalue weighted by molar-refractivity contribution is 6.30. The van der Waals surface area contributed by atoms with Gasteiger partial charge >= 0.3 is 6.18 Å². The van der Waals surface area contributed by atoms with Gasteiger partial charge in [0.25, 0.3) is 11.8 Å². The normalized spacial score (nSPS) is 14.3. The summed E-state index contributed by atoms with van der Waals surface area (Å²) >= 11 is 5.71. The average Bonchev–Trinajstić information content (AvgIpc) is 3.60. The molecule has 0 spiro atoms. The summed E-state index contributed by atoms with van der Waals surface area (Å²) in [6, 6.07) is 6.40. The summed E-state index contributed by atoms with van der Waals surface area (Å²) in [6.07, 6.45) is 1.65. The number of carbonyl (C=O) groups excluding carboxylic acids is 2. The largest absolute Gasteiger partial charge is 0.418 e. The molecule has 2 heterocycles. The molecule has 1 aromatic carbocycles. The second-order valence-corrected chi connectivity index (χ2v) is 8.18. The van der Waals surface area contributed by atoms with E-state index in [1.165, 1.54) is 61.1 Å². The van der Waals surface area contributed by atoms with E-state index < -0.39 is 23.2 Å². The van der Waals surface area contributed by atoms with Crippen molar-refractivity contribution in [3.8, 4) is 0 Å². The quantitative estimate of drug-likeness (QED) is 0.537. The van der Waals surface area contributed by atoms with Crippen LogP contribution < -0.4 is 15.5 Å². The zero-order valence-electron chi connectivity index (χ0n) is 17.7. The number of benzene rings is 1. The second kappa shape index (κ2) is 8.90. The van der Waals surface area contributed by atoms with Gasteiger partial charge in [-0.2, -0.15) is 13.2 Å². The minimum atomic E-state index is -4.60. The zero-order chi connectivity index (χ0) is 24.5. The first kappa shape index (κ1) is 23.4. The summed E-state index contributed by atoms with van der Waals surface area (Å²) in [5.74, 6) is -0.551. The molecule has 1 fully saturated rings. The number of aromatic nitrogens is 3. The summed E-state index contributed by atoms with van der Waals surface area (Å²) < 4.78 is 39.9. The molecule has 3 aromatic rings. The van der Waals surface area contributed by atoms with Crippen molar-refractivity contribution in [1.29, 1.82) is 0 Å². The van der Waals surface area contributed by atoms with Gasteiger partial charge in [-0.1, -0.05) is 11.6 Å². The van der Waals surface area contributed by atoms with Crippen molar-refractivity contribution in [2.24, 2.45) is 0 Å². The molecule has 2 N–H and O–H groups in total. The molecule has 1 aliphatic carbocycles. The first-order valence-corrected chi connectivity index (χ1v) is 10.4. The maximum atomic E-state index is 13.3. The van der Waals surface area contributed by atoms with Crippen LogP contribution in [-0.4, -0.2) is 39.4 Å². The van der Waals surface area contributed by atoms with Gasteiger partial charge in [0.15, 0.2) is 0 Å². The third-order valence-electron chi connectivity index (χ3n) is 5.30. The van der Waals surface area contributed by atoms with E-state index in [9.17, 15) is 22.8 Å². The molecule has 34 heavy (non-hydrogen) atoms. The van der Waals surface area contributed by atoms with E-state index in [0.717, 1.165) is 6.07 Å². The highest BCUT2D eigenvalue weighted by atomic mass is 35.5. The molecule has 2 aromatic heterocycles. The predicted octanol–water partition coefficient (Wildman–Crippen LogP) is 4.21. The van der Waals surface area contributed by atoms with Crippen LogP contribution in [0.2, 0.25) is 5.02 Å². The van der Waals surface area contributed by atoms with Crippen molar-refractivity contribution in [2.75, 3.05) is 17.3 Å². The minimum absolute atomic E-state index is 0.0348. The molecule has 1 saturated carbocycles. The Morgan fingerprint density at radius 3 is 2.38 bits per heavy atom. The van der Waals surface area contributed by atoms with Gasteiger partial charge in [0, 0.05) is 24.5 Å². The van der Waals surface area contributed by atoms with Gasteiger partial charge in [-0.25, -0.2) is 15.0 Å². The van der Waals surface area contributed by atoms with Gasteiger partial charge in [-0.15, -0.1) is 0 Å². The molecule has 1 aliphatic rings. The van der Waals surface area contributed by atoms with Crippen LogP contribution in [0.25, 0.3) is 0 Å². The lowest BCUT2D eigenvalue weighted by Crippen LogP contribution is -2.50. The Hall–Kier alpha value is -3.73. The van der Waals surface area contributed by atoms with Crippen molar-refractivity contribution in [2.45, 2.75) is 24.6 Å². The number of hydrogen-bond donors (Lipinski definition) is 2. The Balaban J connectivity index is 1.46. The van der Waals surface area contributed by atoms with Crippen molar-refractivity contribution in [1.82, 2.24) is 20.3 Å². The number of likely N-dealkylation sites (N-methyl/N-ethyl adjacent to an activating group) is 1. The van der Waals surface area contributed by atoms with Crippen molar-refractivity contribution in [3.63, 3.8) is 0 Å². The number of nitrogens with zero attached hydrogens (tertiary/aromatic N) is 4.